The first kappa shape index (κ1) is 13.0. The molecule has 15 heavy (non-hydrogen) atoms. The summed E-state index contributed by atoms with van der Waals surface area (Å²) < 4.78 is 0. The van der Waals surface area contributed by atoms with Gasteiger partial charge in [0.05, 0.1) is 0 Å². The van der Waals surface area contributed by atoms with Crippen LogP contribution in [0.2, 0.25) is 0 Å². The highest BCUT2D eigenvalue weighted by atomic mass is 15.1. The summed E-state index contributed by atoms with van der Waals surface area (Å²) in [4.78, 5) is 2.51. The normalized spacial score (nSPS) is 25.8. The van der Waals surface area contributed by atoms with Crippen molar-refractivity contribution in [1.82, 2.24) is 4.90 Å². The molecule has 1 rings (SSSR count). The van der Waals surface area contributed by atoms with E-state index in [2.05, 4.69) is 25.7 Å². The Bertz CT molecular complexity index is 177. The summed E-state index contributed by atoms with van der Waals surface area (Å²) in [6.07, 6.45) is 5.66. The van der Waals surface area contributed by atoms with Crippen molar-refractivity contribution in [1.29, 1.82) is 0 Å². The zero-order valence-electron chi connectivity index (χ0n) is 10.8. The van der Waals surface area contributed by atoms with Crippen molar-refractivity contribution in [3.63, 3.8) is 0 Å². The third kappa shape index (κ3) is 3.76. The maximum atomic E-state index is 5.64. The summed E-state index contributed by atoms with van der Waals surface area (Å²) in [6, 6.07) is 0. The lowest BCUT2D eigenvalue weighted by atomic mass is 9.68. The van der Waals surface area contributed by atoms with Gasteiger partial charge in [-0.1, -0.05) is 33.6 Å². The zero-order valence-corrected chi connectivity index (χ0v) is 10.8. The van der Waals surface area contributed by atoms with Crippen LogP contribution in [-0.2, 0) is 0 Å². The van der Waals surface area contributed by atoms with E-state index >= 15 is 0 Å². The Balaban J connectivity index is 2.46. The van der Waals surface area contributed by atoms with Crippen molar-refractivity contribution < 1.29 is 0 Å². The topological polar surface area (TPSA) is 29.3 Å². The van der Waals surface area contributed by atoms with Crippen LogP contribution in [0.3, 0.4) is 0 Å². The number of rotatable bonds is 5. The molecule has 1 aliphatic carbocycles. The first-order chi connectivity index (χ1) is 7.10. The van der Waals surface area contributed by atoms with Crippen LogP contribution < -0.4 is 5.73 Å². The van der Waals surface area contributed by atoms with Crippen molar-refractivity contribution in [3.05, 3.63) is 0 Å². The minimum atomic E-state index is 0.542. The lowest BCUT2D eigenvalue weighted by molar-refractivity contribution is 0.0928. The Morgan fingerprint density at radius 2 is 2.07 bits per heavy atom. The van der Waals surface area contributed by atoms with Crippen LogP contribution >= 0.6 is 0 Å². The lowest BCUT2D eigenvalue weighted by Gasteiger charge is -2.41. The first-order valence-electron chi connectivity index (χ1n) is 6.52. The van der Waals surface area contributed by atoms with Crippen molar-refractivity contribution in [2.45, 2.75) is 46.5 Å². The molecule has 1 unspecified atom stereocenters. The molecule has 0 aromatic heterocycles. The van der Waals surface area contributed by atoms with E-state index in [1.165, 1.54) is 32.2 Å². The molecule has 2 N–H and O–H groups in total. The summed E-state index contributed by atoms with van der Waals surface area (Å²) >= 11 is 0. The molecule has 0 aromatic carbocycles. The molecule has 0 saturated heterocycles. The zero-order chi connectivity index (χ0) is 11.3. The second-order valence-corrected chi connectivity index (χ2v) is 5.61. The van der Waals surface area contributed by atoms with E-state index in [1.807, 2.05) is 0 Å². The van der Waals surface area contributed by atoms with E-state index < -0.39 is 0 Å². The van der Waals surface area contributed by atoms with Gasteiger partial charge in [-0.25, -0.2) is 0 Å². The Labute approximate surface area is 95.2 Å². The number of nitrogens with zero attached hydrogens (tertiary/aromatic N) is 1. The fourth-order valence-corrected chi connectivity index (χ4v) is 2.78. The maximum Gasteiger partial charge on any atom is 0.0105 e. The van der Waals surface area contributed by atoms with Gasteiger partial charge in [-0.15, -0.1) is 0 Å². The SMILES string of the molecule is CCN(CCN)CC1CCCCC1(C)C. The fourth-order valence-electron chi connectivity index (χ4n) is 2.78. The minimum absolute atomic E-state index is 0.542. The smallest absolute Gasteiger partial charge is 0.0105 e. The number of nitrogens with two attached hydrogens (primary N) is 1. The van der Waals surface area contributed by atoms with Crippen molar-refractivity contribution in [2.24, 2.45) is 17.1 Å². The average molecular weight is 212 g/mol. The predicted molar refractivity (Wildman–Crippen MR) is 66.9 cm³/mol. The molecule has 0 radical (unpaired) electrons. The van der Waals surface area contributed by atoms with Gasteiger partial charge in [0.25, 0.3) is 0 Å². The van der Waals surface area contributed by atoms with Crippen molar-refractivity contribution in [3.8, 4) is 0 Å². The summed E-state index contributed by atoms with van der Waals surface area (Å²) in [5, 5.41) is 0. The minimum Gasteiger partial charge on any atom is -0.329 e. The molecular formula is C13H28N2. The Morgan fingerprint density at radius 3 is 2.60 bits per heavy atom. The highest BCUT2D eigenvalue weighted by molar-refractivity contribution is 4.84. The lowest BCUT2D eigenvalue weighted by Crippen LogP contribution is -2.40. The molecule has 0 spiro atoms. The standard InChI is InChI=1S/C13H28N2/c1-4-15(10-9-14)11-12-7-5-6-8-13(12,2)3/h12H,4-11,14H2,1-3H3. The van der Waals surface area contributed by atoms with Crippen molar-refractivity contribution >= 4 is 0 Å². The van der Waals surface area contributed by atoms with E-state index in [0.717, 1.165) is 25.6 Å². The molecule has 0 bridgehead atoms. The maximum absolute atomic E-state index is 5.64. The molecule has 90 valence electrons. The van der Waals surface area contributed by atoms with Gasteiger partial charge in [0.2, 0.25) is 0 Å². The van der Waals surface area contributed by atoms with Crippen LogP contribution in [0, 0.1) is 11.3 Å². The Morgan fingerprint density at radius 1 is 1.33 bits per heavy atom. The summed E-state index contributed by atoms with van der Waals surface area (Å²) in [5.74, 6) is 0.873. The molecule has 2 heteroatoms. The number of likely N-dealkylation sites (N-methyl/N-ethyl adjacent to an activating group) is 1. The molecule has 0 aliphatic heterocycles. The highest BCUT2D eigenvalue weighted by Crippen LogP contribution is 2.40. The molecule has 0 heterocycles. The molecule has 0 aromatic rings. The van der Waals surface area contributed by atoms with Crippen molar-refractivity contribution in [2.75, 3.05) is 26.2 Å². The fraction of sp³-hybridized carbons (Fsp3) is 1.00. The molecule has 1 fully saturated rings. The first-order valence-corrected chi connectivity index (χ1v) is 6.52. The Hall–Kier alpha value is -0.0800. The van der Waals surface area contributed by atoms with Crippen LogP contribution in [0.5, 0.6) is 0 Å². The van der Waals surface area contributed by atoms with Crippen LogP contribution in [0.25, 0.3) is 0 Å². The van der Waals surface area contributed by atoms with E-state index in [0.29, 0.717) is 5.41 Å². The van der Waals surface area contributed by atoms with E-state index in [-0.39, 0.29) is 0 Å². The summed E-state index contributed by atoms with van der Waals surface area (Å²) in [5.41, 5.74) is 6.18. The molecule has 1 atom stereocenters. The third-order valence-electron chi connectivity index (χ3n) is 4.10. The largest absolute Gasteiger partial charge is 0.329 e. The molecule has 0 amide bonds. The average Bonchev–Trinajstić information content (AvgIpc) is 2.20. The van der Waals surface area contributed by atoms with E-state index in [1.54, 1.807) is 0 Å². The van der Waals surface area contributed by atoms with Gasteiger partial charge in [-0.05, 0) is 30.7 Å². The van der Waals surface area contributed by atoms with Gasteiger partial charge in [-0.3, -0.25) is 0 Å². The van der Waals surface area contributed by atoms with Crippen LogP contribution in [0.15, 0.2) is 0 Å². The molecule has 1 aliphatic rings. The second kappa shape index (κ2) is 5.86. The van der Waals surface area contributed by atoms with Gasteiger partial charge in [0, 0.05) is 19.6 Å². The third-order valence-corrected chi connectivity index (χ3v) is 4.10. The van der Waals surface area contributed by atoms with Crippen LogP contribution in [-0.4, -0.2) is 31.1 Å². The van der Waals surface area contributed by atoms with Gasteiger partial charge in [-0.2, -0.15) is 0 Å². The van der Waals surface area contributed by atoms with E-state index in [9.17, 15) is 0 Å². The molecule has 2 nitrogen and oxygen atoms in total. The molecule has 1 saturated carbocycles. The summed E-state index contributed by atoms with van der Waals surface area (Å²) in [7, 11) is 0. The van der Waals surface area contributed by atoms with Gasteiger partial charge >= 0.3 is 0 Å². The van der Waals surface area contributed by atoms with E-state index in [4.69, 9.17) is 5.73 Å². The quantitative estimate of drug-likeness (QED) is 0.758. The number of hydrogen-bond donors (Lipinski definition) is 1. The Kier molecular flexibility index (Phi) is 5.07. The predicted octanol–water partition coefficient (Wildman–Crippen LogP) is 2.48. The monoisotopic (exact) mass is 212 g/mol. The summed E-state index contributed by atoms with van der Waals surface area (Å²) in [6.45, 7) is 11.4. The van der Waals surface area contributed by atoms with Gasteiger partial charge in [0.1, 0.15) is 0 Å². The van der Waals surface area contributed by atoms with Gasteiger partial charge in [0.15, 0.2) is 0 Å². The van der Waals surface area contributed by atoms with Crippen LogP contribution in [0.4, 0.5) is 0 Å². The highest BCUT2D eigenvalue weighted by Gasteiger charge is 2.32. The number of hydrogen-bond acceptors (Lipinski definition) is 2. The van der Waals surface area contributed by atoms with Crippen LogP contribution in [0.1, 0.15) is 46.5 Å². The second-order valence-electron chi connectivity index (χ2n) is 5.61. The van der Waals surface area contributed by atoms with Gasteiger partial charge < -0.3 is 10.6 Å². The molecular weight excluding hydrogens is 184 g/mol.